The fraction of sp³-hybridized carbons (Fsp3) is 0.960. The van der Waals surface area contributed by atoms with Crippen molar-refractivity contribution in [3.63, 3.8) is 0 Å². The van der Waals surface area contributed by atoms with E-state index >= 15 is 0 Å². The van der Waals surface area contributed by atoms with Crippen LogP contribution in [0.1, 0.15) is 122 Å². The molecule has 4 heteroatoms. The highest BCUT2D eigenvalue weighted by Gasteiger charge is 2.02. The van der Waals surface area contributed by atoms with E-state index < -0.39 is 0 Å². The monoisotopic (exact) mass is 414 g/mol. The maximum Gasteiger partial charge on any atom is 0.305 e. The lowest BCUT2D eigenvalue weighted by molar-refractivity contribution is -0.144. The standard InChI is InChI=1S/C25H50O4/c1-3-4-5-6-7-8-9-10-11-12-13-14-15-16-17-18-22-29-25(26)20-19-21-28-24-23-27-2/h3-24H2,1-2H3. The van der Waals surface area contributed by atoms with E-state index in [9.17, 15) is 4.79 Å². The summed E-state index contributed by atoms with van der Waals surface area (Å²) >= 11 is 0. The van der Waals surface area contributed by atoms with Crippen LogP contribution < -0.4 is 0 Å². The minimum Gasteiger partial charge on any atom is -0.466 e. The molecule has 0 aliphatic rings. The molecule has 0 saturated carbocycles. The Kier molecular flexibility index (Phi) is 24.9. The van der Waals surface area contributed by atoms with Crippen molar-refractivity contribution in [3.8, 4) is 0 Å². The van der Waals surface area contributed by atoms with E-state index in [1.54, 1.807) is 7.11 Å². The highest BCUT2D eigenvalue weighted by Crippen LogP contribution is 2.13. The van der Waals surface area contributed by atoms with Gasteiger partial charge in [0.25, 0.3) is 0 Å². The first-order valence-corrected chi connectivity index (χ1v) is 12.5. The number of carbonyl (C=O) groups is 1. The lowest BCUT2D eigenvalue weighted by Crippen LogP contribution is -2.08. The summed E-state index contributed by atoms with van der Waals surface area (Å²) in [6, 6.07) is 0. The van der Waals surface area contributed by atoms with Gasteiger partial charge in [-0.2, -0.15) is 0 Å². The number of rotatable bonds is 24. The quantitative estimate of drug-likeness (QED) is 0.123. The third-order valence-electron chi connectivity index (χ3n) is 5.36. The number of carbonyl (C=O) groups excluding carboxylic acids is 1. The van der Waals surface area contributed by atoms with Crippen molar-refractivity contribution in [2.75, 3.05) is 33.5 Å². The first kappa shape index (κ1) is 28.4. The van der Waals surface area contributed by atoms with Gasteiger partial charge in [0.05, 0.1) is 19.8 Å². The van der Waals surface area contributed by atoms with Crippen LogP contribution in [0.25, 0.3) is 0 Å². The van der Waals surface area contributed by atoms with Gasteiger partial charge in [0.1, 0.15) is 0 Å². The predicted molar refractivity (Wildman–Crippen MR) is 122 cm³/mol. The summed E-state index contributed by atoms with van der Waals surface area (Å²) < 4.78 is 15.5. The summed E-state index contributed by atoms with van der Waals surface area (Å²) in [6.07, 6.45) is 22.9. The summed E-state index contributed by atoms with van der Waals surface area (Å²) in [4.78, 5) is 11.6. The minimum atomic E-state index is -0.0960. The summed E-state index contributed by atoms with van der Waals surface area (Å²) in [5.74, 6) is -0.0960. The van der Waals surface area contributed by atoms with Crippen LogP contribution in [0.5, 0.6) is 0 Å². The number of methoxy groups -OCH3 is 1. The molecule has 0 spiro atoms. The average Bonchev–Trinajstić information content (AvgIpc) is 2.73. The van der Waals surface area contributed by atoms with Crippen LogP contribution in [0.15, 0.2) is 0 Å². The molecule has 0 fully saturated rings. The molecule has 0 aromatic carbocycles. The molecule has 29 heavy (non-hydrogen) atoms. The van der Waals surface area contributed by atoms with Gasteiger partial charge in [-0.3, -0.25) is 4.79 Å². The fourth-order valence-electron chi connectivity index (χ4n) is 3.47. The SMILES string of the molecule is CCCCCCCCCCCCCCCCCCOC(=O)CCCOCCOC. The number of hydrogen-bond donors (Lipinski definition) is 0. The lowest BCUT2D eigenvalue weighted by atomic mass is 10.0. The van der Waals surface area contributed by atoms with Crippen LogP contribution in [0.3, 0.4) is 0 Å². The molecule has 0 unspecified atom stereocenters. The van der Waals surface area contributed by atoms with Crippen LogP contribution >= 0.6 is 0 Å². The van der Waals surface area contributed by atoms with Crippen molar-refractivity contribution in [3.05, 3.63) is 0 Å². The summed E-state index contributed by atoms with van der Waals surface area (Å²) in [7, 11) is 1.65. The van der Waals surface area contributed by atoms with E-state index in [2.05, 4.69) is 6.92 Å². The van der Waals surface area contributed by atoms with Crippen LogP contribution in [0.2, 0.25) is 0 Å². The van der Waals surface area contributed by atoms with E-state index in [1.165, 1.54) is 96.3 Å². The van der Waals surface area contributed by atoms with Gasteiger partial charge in [-0.05, 0) is 12.8 Å². The van der Waals surface area contributed by atoms with Gasteiger partial charge in [-0.15, -0.1) is 0 Å². The molecular weight excluding hydrogens is 364 g/mol. The third-order valence-corrected chi connectivity index (χ3v) is 5.36. The Hall–Kier alpha value is -0.610. The Balaban J connectivity index is 3.10. The van der Waals surface area contributed by atoms with Crippen LogP contribution in [0.4, 0.5) is 0 Å². The minimum absolute atomic E-state index is 0.0960. The molecule has 0 atom stereocenters. The molecular formula is C25H50O4. The number of hydrogen-bond acceptors (Lipinski definition) is 4. The topological polar surface area (TPSA) is 44.8 Å². The zero-order chi connectivity index (χ0) is 21.3. The molecule has 0 radical (unpaired) electrons. The molecule has 0 amide bonds. The van der Waals surface area contributed by atoms with Crippen molar-refractivity contribution in [2.24, 2.45) is 0 Å². The zero-order valence-electron chi connectivity index (χ0n) is 19.7. The molecule has 0 aromatic heterocycles. The Labute approximate surface area is 181 Å². The third kappa shape index (κ3) is 25.4. The Morgan fingerprint density at radius 2 is 1.03 bits per heavy atom. The molecule has 0 bridgehead atoms. The number of esters is 1. The largest absolute Gasteiger partial charge is 0.466 e. The summed E-state index contributed by atoms with van der Waals surface area (Å²) in [6.45, 7) is 4.64. The number of ether oxygens (including phenoxy) is 3. The summed E-state index contributed by atoms with van der Waals surface area (Å²) in [5.41, 5.74) is 0. The lowest BCUT2D eigenvalue weighted by Gasteiger charge is -2.06. The molecule has 4 nitrogen and oxygen atoms in total. The molecule has 0 saturated heterocycles. The van der Waals surface area contributed by atoms with Crippen molar-refractivity contribution >= 4 is 5.97 Å². The van der Waals surface area contributed by atoms with Gasteiger partial charge in [-0.25, -0.2) is 0 Å². The van der Waals surface area contributed by atoms with E-state index in [0.717, 1.165) is 12.8 Å². The Bertz CT molecular complexity index is 320. The van der Waals surface area contributed by atoms with E-state index in [0.29, 0.717) is 32.8 Å². The highest BCUT2D eigenvalue weighted by atomic mass is 16.5. The van der Waals surface area contributed by atoms with E-state index in [4.69, 9.17) is 14.2 Å². The van der Waals surface area contributed by atoms with E-state index in [-0.39, 0.29) is 5.97 Å². The second-order valence-corrected chi connectivity index (χ2v) is 8.23. The molecule has 0 heterocycles. The summed E-state index contributed by atoms with van der Waals surface area (Å²) in [5, 5.41) is 0. The first-order chi connectivity index (χ1) is 14.3. The Morgan fingerprint density at radius 1 is 0.552 bits per heavy atom. The van der Waals surface area contributed by atoms with Crippen molar-refractivity contribution in [2.45, 2.75) is 122 Å². The van der Waals surface area contributed by atoms with Gasteiger partial charge < -0.3 is 14.2 Å². The highest BCUT2D eigenvalue weighted by molar-refractivity contribution is 5.69. The van der Waals surface area contributed by atoms with E-state index in [1.807, 2.05) is 0 Å². The normalized spacial score (nSPS) is 11.1. The first-order valence-electron chi connectivity index (χ1n) is 12.5. The molecule has 0 N–H and O–H groups in total. The van der Waals surface area contributed by atoms with Crippen molar-refractivity contribution in [1.29, 1.82) is 0 Å². The molecule has 0 rings (SSSR count). The number of unbranched alkanes of at least 4 members (excludes halogenated alkanes) is 15. The van der Waals surface area contributed by atoms with Crippen molar-refractivity contribution in [1.82, 2.24) is 0 Å². The Morgan fingerprint density at radius 3 is 1.52 bits per heavy atom. The second-order valence-electron chi connectivity index (χ2n) is 8.23. The van der Waals surface area contributed by atoms with Crippen molar-refractivity contribution < 1.29 is 19.0 Å². The van der Waals surface area contributed by atoms with Gasteiger partial charge >= 0.3 is 5.97 Å². The van der Waals surface area contributed by atoms with Crippen LogP contribution in [-0.4, -0.2) is 39.5 Å². The average molecular weight is 415 g/mol. The van der Waals surface area contributed by atoms with Crippen LogP contribution in [-0.2, 0) is 19.0 Å². The zero-order valence-corrected chi connectivity index (χ0v) is 19.7. The molecule has 0 aliphatic carbocycles. The molecule has 0 aliphatic heterocycles. The fourth-order valence-corrected chi connectivity index (χ4v) is 3.47. The maximum absolute atomic E-state index is 11.6. The van der Waals surface area contributed by atoms with Gasteiger partial charge in [0.15, 0.2) is 0 Å². The van der Waals surface area contributed by atoms with Gasteiger partial charge in [0, 0.05) is 20.1 Å². The van der Waals surface area contributed by atoms with Gasteiger partial charge in [-0.1, -0.05) is 103 Å². The smallest absolute Gasteiger partial charge is 0.305 e. The second kappa shape index (κ2) is 25.4. The van der Waals surface area contributed by atoms with Gasteiger partial charge in [0.2, 0.25) is 0 Å². The molecule has 174 valence electrons. The van der Waals surface area contributed by atoms with Crippen LogP contribution in [0, 0.1) is 0 Å². The maximum atomic E-state index is 11.6. The molecule has 0 aromatic rings. The predicted octanol–water partition coefficient (Wildman–Crippen LogP) is 7.23.